The molecular formula is C10H11N. The SMILES string of the molecule is C/C=C/c1cccc(C=N)c1. The molecule has 1 heteroatoms. The Labute approximate surface area is 66.9 Å². The minimum Gasteiger partial charge on any atom is -0.308 e. The van der Waals surface area contributed by atoms with Gasteiger partial charge in [0.05, 0.1) is 0 Å². The van der Waals surface area contributed by atoms with Gasteiger partial charge in [0.1, 0.15) is 0 Å². The van der Waals surface area contributed by atoms with E-state index in [0.717, 1.165) is 11.1 Å². The first-order valence-corrected chi connectivity index (χ1v) is 3.60. The van der Waals surface area contributed by atoms with Crippen molar-refractivity contribution < 1.29 is 0 Å². The van der Waals surface area contributed by atoms with E-state index in [0.29, 0.717) is 0 Å². The van der Waals surface area contributed by atoms with Gasteiger partial charge in [0.25, 0.3) is 0 Å². The molecule has 0 aliphatic heterocycles. The Morgan fingerprint density at radius 2 is 2.00 bits per heavy atom. The Bertz CT molecular complexity index is 274. The average Bonchev–Trinajstić information content (AvgIpc) is 2.06. The van der Waals surface area contributed by atoms with Crippen LogP contribution in [0.4, 0.5) is 0 Å². The number of hydrogen-bond donors (Lipinski definition) is 1. The molecule has 0 saturated heterocycles. The highest BCUT2D eigenvalue weighted by Gasteiger charge is 1.87. The van der Waals surface area contributed by atoms with Gasteiger partial charge >= 0.3 is 0 Å². The molecule has 0 saturated carbocycles. The van der Waals surface area contributed by atoms with E-state index in [4.69, 9.17) is 5.41 Å². The summed E-state index contributed by atoms with van der Waals surface area (Å²) in [6.45, 7) is 1.98. The van der Waals surface area contributed by atoms with Gasteiger partial charge in [0, 0.05) is 6.21 Å². The Balaban J connectivity index is 3.00. The first-order chi connectivity index (χ1) is 5.36. The van der Waals surface area contributed by atoms with E-state index in [1.54, 1.807) is 0 Å². The van der Waals surface area contributed by atoms with E-state index in [2.05, 4.69) is 0 Å². The van der Waals surface area contributed by atoms with E-state index < -0.39 is 0 Å². The highest BCUT2D eigenvalue weighted by molar-refractivity contribution is 5.78. The summed E-state index contributed by atoms with van der Waals surface area (Å²) in [6, 6.07) is 7.87. The highest BCUT2D eigenvalue weighted by atomic mass is 14.3. The molecule has 1 nitrogen and oxygen atoms in total. The minimum absolute atomic E-state index is 0.945. The fourth-order valence-electron chi connectivity index (χ4n) is 0.945. The quantitative estimate of drug-likeness (QED) is 0.619. The summed E-state index contributed by atoms with van der Waals surface area (Å²) in [6.07, 6.45) is 5.36. The zero-order chi connectivity index (χ0) is 8.10. The lowest BCUT2D eigenvalue weighted by atomic mass is 10.1. The maximum atomic E-state index is 7.02. The predicted octanol–water partition coefficient (Wildman–Crippen LogP) is 2.72. The van der Waals surface area contributed by atoms with Crippen LogP contribution >= 0.6 is 0 Å². The van der Waals surface area contributed by atoms with Crippen molar-refractivity contribution in [3.8, 4) is 0 Å². The van der Waals surface area contributed by atoms with Gasteiger partial charge in [-0.25, -0.2) is 0 Å². The Morgan fingerprint density at radius 1 is 1.27 bits per heavy atom. The normalized spacial score (nSPS) is 10.3. The number of rotatable bonds is 2. The number of hydrogen-bond acceptors (Lipinski definition) is 1. The number of benzene rings is 1. The van der Waals surface area contributed by atoms with Crippen LogP contribution in [-0.4, -0.2) is 6.21 Å². The van der Waals surface area contributed by atoms with Crippen LogP contribution in [0.5, 0.6) is 0 Å². The molecule has 0 unspecified atom stereocenters. The summed E-state index contributed by atoms with van der Waals surface area (Å²) in [5.74, 6) is 0. The molecule has 1 N–H and O–H groups in total. The molecule has 0 heterocycles. The van der Waals surface area contributed by atoms with Gasteiger partial charge in [0.2, 0.25) is 0 Å². The standard InChI is InChI=1S/C10H11N/c1-2-4-9-5-3-6-10(7-9)8-11/h2-8,11H,1H3/b4-2+,11-8?. The van der Waals surface area contributed by atoms with Crippen LogP contribution in [0, 0.1) is 5.41 Å². The maximum absolute atomic E-state index is 7.02. The summed E-state index contributed by atoms with van der Waals surface area (Å²) in [4.78, 5) is 0. The molecular weight excluding hydrogens is 134 g/mol. The van der Waals surface area contributed by atoms with Crippen LogP contribution < -0.4 is 0 Å². The molecule has 1 aromatic rings. The summed E-state index contributed by atoms with van der Waals surface area (Å²) < 4.78 is 0. The van der Waals surface area contributed by atoms with Gasteiger partial charge in [-0.2, -0.15) is 0 Å². The third-order valence-corrected chi connectivity index (χ3v) is 1.44. The predicted molar refractivity (Wildman–Crippen MR) is 49.0 cm³/mol. The van der Waals surface area contributed by atoms with Crippen molar-refractivity contribution in [3.63, 3.8) is 0 Å². The maximum Gasteiger partial charge on any atom is 0.0250 e. The topological polar surface area (TPSA) is 23.9 Å². The van der Waals surface area contributed by atoms with E-state index in [1.165, 1.54) is 6.21 Å². The zero-order valence-corrected chi connectivity index (χ0v) is 6.54. The van der Waals surface area contributed by atoms with Crippen molar-refractivity contribution in [2.75, 3.05) is 0 Å². The third kappa shape index (κ3) is 2.04. The second kappa shape index (κ2) is 3.71. The van der Waals surface area contributed by atoms with Crippen molar-refractivity contribution >= 4 is 12.3 Å². The fraction of sp³-hybridized carbons (Fsp3) is 0.100. The third-order valence-electron chi connectivity index (χ3n) is 1.44. The second-order valence-corrected chi connectivity index (χ2v) is 2.31. The van der Waals surface area contributed by atoms with Crippen LogP contribution in [0.25, 0.3) is 6.08 Å². The van der Waals surface area contributed by atoms with E-state index >= 15 is 0 Å². The second-order valence-electron chi connectivity index (χ2n) is 2.31. The van der Waals surface area contributed by atoms with E-state index in [9.17, 15) is 0 Å². The zero-order valence-electron chi connectivity index (χ0n) is 6.54. The van der Waals surface area contributed by atoms with Crippen molar-refractivity contribution in [3.05, 3.63) is 41.5 Å². The van der Waals surface area contributed by atoms with Crippen LogP contribution in [0.15, 0.2) is 30.3 Å². The Kier molecular flexibility index (Phi) is 2.61. The van der Waals surface area contributed by atoms with Crippen LogP contribution in [0.1, 0.15) is 18.1 Å². The van der Waals surface area contributed by atoms with E-state index in [-0.39, 0.29) is 0 Å². The molecule has 1 rings (SSSR count). The van der Waals surface area contributed by atoms with Crippen LogP contribution in [-0.2, 0) is 0 Å². The summed E-state index contributed by atoms with van der Waals surface area (Å²) in [5, 5.41) is 7.02. The minimum atomic E-state index is 0.945. The van der Waals surface area contributed by atoms with Gasteiger partial charge in [-0.15, -0.1) is 0 Å². The van der Waals surface area contributed by atoms with Gasteiger partial charge in [-0.1, -0.05) is 30.4 Å². The number of nitrogens with one attached hydrogen (secondary N) is 1. The summed E-state index contributed by atoms with van der Waals surface area (Å²) >= 11 is 0. The monoisotopic (exact) mass is 145 g/mol. The summed E-state index contributed by atoms with van der Waals surface area (Å²) in [7, 11) is 0. The van der Waals surface area contributed by atoms with Gasteiger partial charge in [-0.05, 0) is 24.1 Å². The van der Waals surface area contributed by atoms with Crippen molar-refractivity contribution in [1.82, 2.24) is 0 Å². The molecule has 0 fully saturated rings. The van der Waals surface area contributed by atoms with E-state index in [1.807, 2.05) is 43.3 Å². The van der Waals surface area contributed by atoms with Gasteiger partial charge in [-0.3, -0.25) is 0 Å². The lowest BCUT2D eigenvalue weighted by Gasteiger charge is -1.93. The fourth-order valence-corrected chi connectivity index (χ4v) is 0.945. The van der Waals surface area contributed by atoms with Gasteiger partial charge < -0.3 is 5.41 Å². The smallest absolute Gasteiger partial charge is 0.0250 e. The molecule has 0 radical (unpaired) electrons. The lowest BCUT2D eigenvalue weighted by molar-refractivity contribution is 1.53. The number of allylic oxidation sites excluding steroid dienone is 1. The molecule has 56 valence electrons. The Hall–Kier alpha value is -1.37. The lowest BCUT2D eigenvalue weighted by Crippen LogP contribution is -1.79. The molecule has 1 aromatic carbocycles. The molecule has 0 atom stereocenters. The largest absolute Gasteiger partial charge is 0.308 e. The highest BCUT2D eigenvalue weighted by Crippen LogP contribution is 2.04. The molecule has 0 aliphatic rings. The van der Waals surface area contributed by atoms with Crippen LogP contribution in [0.3, 0.4) is 0 Å². The average molecular weight is 145 g/mol. The molecule has 0 aliphatic carbocycles. The molecule has 0 amide bonds. The molecule has 11 heavy (non-hydrogen) atoms. The molecule has 0 spiro atoms. The summed E-state index contributed by atoms with van der Waals surface area (Å²) in [5.41, 5.74) is 2.09. The molecule has 0 bridgehead atoms. The molecule has 0 aromatic heterocycles. The van der Waals surface area contributed by atoms with Crippen molar-refractivity contribution in [2.45, 2.75) is 6.92 Å². The van der Waals surface area contributed by atoms with Crippen LogP contribution in [0.2, 0.25) is 0 Å². The first kappa shape index (κ1) is 7.73. The first-order valence-electron chi connectivity index (χ1n) is 3.60. The van der Waals surface area contributed by atoms with Crippen molar-refractivity contribution in [2.24, 2.45) is 0 Å². The Morgan fingerprint density at radius 3 is 2.64 bits per heavy atom. The van der Waals surface area contributed by atoms with Crippen molar-refractivity contribution in [1.29, 1.82) is 5.41 Å². The van der Waals surface area contributed by atoms with Gasteiger partial charge in [0.15, 0.2) is 0 Å².